The number of hydrogen-bond donors (Lipinski definition) is 2. The van der Waals surface area contributed by atoms with Gasteiger partial charge in [-0.3, -0.25) is 9.59 Å². The molecule has 0 aliphatic carbocycles. The minimum atomic E-state index is -0.678. The Labute approximate surface area is 170 Å². The van der Waals surface area contributed by atoms with E-state index >= 15 is 0 Å². The molecule has 2 amide bonds. The third-order valence-corrected chi connectivity index (χ3v) is 4.71. The molecule has 0 bridgehead atoms. The molecule has 0 unspecified atom stereocenters. The van der Waals surface area contributed by atoms with Crippen molar-refractivity contribution in [3.8, 4) is 5.75 Å². The van der Waals surface area contributed by atoms with Crippen molar-refractivity contribution in [1.29, 1.82) is 0 Å². The molecule has 1 atom stereocenters. The Balaban J connectivity index is 1.59. The van der Waals surface area contributed by atoms with E-state index in [9.17, 15) is 14.0 Å². The molecular weight excluding hydrogens is 373 g/mol. The number of nitrogens with one attached hydrogen (secondary N) is 2. The van der Waals surface area contributed by atoms with Crippen molar-refractivity contribution >= 4 is 17.5 Å². The Kier molecular flexibility index (Phi) is 7.05. The summed E-state index contributed by atoms with van der Waals surface area (Å²) in [5.41, 5.74) is 1.34. The van der Waals surface area contributed by atoms with E-state index in [-0.39, 0.29) is 30.7 Å². The summed E-state index contributed by atoms with van der Waals surface area (Å²) in [6.45, 7) is 3.28. The van der Waals surface area contributed by atoms with Crippen LogP contribution in [0.25, 0.3) is 0 Å². The highest BCUT2D eigenvalue weighted by molar-refractivity contribution is 5.86. The third kappa shape index (κ3) is 5.47. The van der Waals surface area contributed by atoms with Crippen molar-refractivity contribution in [2.45, 2.75) is 25.9 Å². The van der Waals surface area contributed by atoms with Gasteiger partial charge in [-0.2, -0.15) is 0 Å². The number of para-hydroxylation sites is 2. The van der Waals surface area contributed by atoms with E-state index in [1.807, 2.05) is 30.0 Å². The first-order valence-electron chi connectivity index (χ1n) is 9.87. The van der Waals surface area contributed by atoms with Gasteiger partial charge in [-0.25, -0.2) is 4.39 Å². The van der Waals surface area contributed by atoms with E-state index < -0.39 is 6.10 Å². The molecule has 2 aromatic rings. The molecule has 154 valence electrons. The van der Waals surface area contributed by atoms with Crippen molar-refractivity contribution < 1.29 is 18.7 Å². The molecular formula is C22H26FN3O3. The average Bonchev–Trinajstić information content (AvgIpc) is 2.73. The second-order valence-corrected chi connectivity index (χ2v) is 6.94. The van der Waals surface area contributed by atoms with E-state index in [4.69, 9.17) is 4.74 Å². The maximum Gasteiger partial charge on any atom is 0.262 e. The summed E-state index contributed by atoms with van der Waals surface area (Å²) in [6.07, 6.45) is 0.575. The molecule has 0 spiro atoms. The molecule has 0 saturated heterocycles. The van der Waals surface area contributed by atoms with Crippen LogP contribution >= 0.6 is 0 Å². The fourth-order valence-corrected chi connectivity index (χ4v) is 3.22. The number of rotatable bonds is 8. The molecule has 0 aromatic heterocycles. The SMILES string of the molecule is CCCNC(=O)[C@@H]1CN(CC(=O)NCCc2ccccc2F)c2ccccc2O1. The van der Waals surface area contributed by atoms with Gasteiger partial charge < -0.3 is 20.3 Å². The first kappa shape index (κ1) is 20.6. The minimum absolute atomic E-state index is 0.0925. The first-order valence-corrected chi connectivity index (χ1v) is 9.87. The Bertz CT molecular complexity index is 859. The van der Waals surface area contributed by atoms with Gasteiger partial charge in [0, 0.05) is 13.1 Å². The van der Waals surface area contributed by atoms with Crippen molar-refractivity contribution in [2.75, 3.05) is 31.1 Å². The number of amides is 2. The highest BCUT2D eigenvalue weighted by Crippen LogP contribution is 2.32. The summed E-state index contributed by atoms with van der Waals surface area (Å²) in [4.78, 5) is 26.7. The van der Waals surface area contributed by atoms with Crippen LogP contribution in [-0.4, -0.2) is 44.1 Å². The van der Waals surface area contributed by atoms with E-state index in [1.54, 1.807) is 24.3 Å². The zero-order valence-electron chi connectivity index (χ0n) is 16.5. The lowest BCUT2D eigenvalue weighted by atomic mass is 10.1. The van der Waals surface area contributed by atoms with E-state index in [2.05, 4.69) is 10.6 Å². The highest BCUT2D eigenvalue weighted by atomic mass is 19.1. The van der Waals surface area contributed by atoms with E-state index in [0.29, 0.717) is 30.8 Å². The number of fused-ring (bicyclic) bond motifs is 1. The number of benzene rings is 2. The van der Waals surface area contributed by atoms with Gasteiger partial charge in [0.05, 0.1) is 18.8 Å². The van der Waals surface area contributed by atoms with Crippen molar-refractivity contribution in [1.82, 2.24) is 10.6 Å². The topological polar surface area (TPSA) is 70.7 Å². The number of ether oxygens (including phenoxy) is 1. The van der Waals surface area contributed by atoms with Crippen molar-refractivity contribution in [3.63, 3.8) is 0 Å². The average molecular weight is 399 g/mol. The van der Waals surface area contributed by atoms with Gasteiger partial charge in [0.1, 0.15) is 11.6 Å². The lowest BCUT2D eigenvalue weighted by Gasteiger charge is -2.35. The molecule has 7 heteroatoms. The molecule has 2 aromatic carbocycles. The molecule has 0 radical (unpaired) electrons. The molecule has 2 N–H and O–H groups in total. The van der Waals surface area contributed by atoms with Gasteiger partial charge in [0.2, 0.25) is 5.91 Å². The fraction of sp³-hybridized carbons (Fsp3) is 0.364. The Hall–Kier alpha value is -3.09. The number of nitrogens with zero attached hydrogens (tertiary/aromatic N) is 1. The standard InChI is InChI=1S/C22H26FN3O3/c1-2-12-25-22(28)20-14-26(18-9-5-6-10-19(18)29-20)15-21(27)24-13-11-16-7-3-4-8-17(16)23/h3-10,20H,2,11-15H2,1H3,(H,24,27)(H,25,28)/t20-/m0/s1. The molecule has 29 heavy (non-hydrogen) atoms. The van der Waals surface area contributed by atoms with Gasteiger partial charge >= 0.3 is 0 Å². The van der Waals surface area contributed by atoms with Gasteiger partial charge in [-0.05, 0) is 36.6 Å². The maximum absolute atomic E-state index is 13.7. The van der Waals surface area contributed by atoms with E-state index in [0.717, 1.165) is 12.1 Å². The van der Waals surface area contributed by atoms with Gasteiger partial charge in [0.25, 0.3) is 5.91 Å². The summed E-state index contributed by atoms with van der Waals surface area (Å²) in [5, 5.41) is 5.66. The summed E-state index contributed by atoms with van der Waals surface area (Å²) >= 11 is 0. The summed E-state index contributed by atoms with van der Waals surface area (Å²) in [5.74, 6) is -0.0728. The summed E-state index contributed by atoms with van der Waals surface area (Å²) in [6, 6.07) is 13.9. The molecule has 6 nitrogen and oxygen atoms in total. The van der Waals surface area contributed by atoms with Crippen LogP contribution in [-0.2, 0) is 16.0 Å². The lowest BCUT2D eigenvalue weighted by molar-refractivity contribution is -0.128. The number of anilines is 1. The predicted molar refractivity (Wildman–Crippen MR) is 109 cm³/mol. The normalized spacial score (nSPS) is 15.2. The predicted octanol–water partition coefficient (Wildman–Crippen LogP) is 2.28. The Morgan fingerprint density at radius 1 is 1.10 bits per heavy atom. The Morgan fingerprint density at radius 3 is 2.66 bits per heavy atom. The maximum atomic E-state index is 13.7. The van der Waals surface area contributed by atoms with Gasteiger partial charge in [0.15, 0.2) is 6.10 Å². The number of hydrogen-bond acceptors (Lipinski definition) is 4. The molecule has 3 rings (SSSR count). The van der Waals surface area contributed by atoms with Crippen LogP contribution in [0.2, 0.25) is 0 Å². The molecule has 0 saturated carbocycles. The highest BCUT2D eigenvalue weighted by Gasteiger charge is 2.31. The van der Waals surface area contributed by atoms with Crippen LogP contribution in [0.15, 0.2) is 48.5 Å². The van der Waals surface area contributed by atoms with Gasteiger partial charge in [-0.1, -0.05) is 37.3 Å². The van der Waals surface area contributed by atoms with Crippen LogP contribution in [0, 0.1) is 5.82 Å². The summed E-state index contributed by atoms with van der Waals surface area (Å²) in [7, 11) is 0. The Morgan fingerprint density at radius 2 is 1.86 bits per heavy atom. The van der Waals surface area contributed by atoms with Crippen LogP contribution in [0.5, 0.6) is 5.75 Å². The quantitative estimate of drug-likeness (QED) is 0.715. The van der Waals surface area contributed by atoms with Crippen LogP contribution in [0.4, 0.5) is 10.1 Å². The third-order valence-electron chi connectivity index (χ3n) is 4.71. The molecule has 1 aliphatic heterocycles. The zero-order valence-corrected chi connectivity index (χ0v) is 16.5. The minimum Gasteiger partial charge on any atom is -0.477 e. The second-order valence-electron chi connectivity index (χ2n) is 6.94. The smallest absolute Gasteiger partial charge is 0.262 e. The zero-order chi connectivity index (χ0) is 20.6. The van der Waals surface area contributed by atoms with Crippen LogP contribution < -0.4 is 20.3 Å². The largest absolute Gasteiger partial charge is 0.477 e. The van der Waals surface area contributed by atoms with E-state index in [1.165, 1.54) is 6.07 Å². The van der Waals surface area contributed by atoms with Gasteiger partial charge in [-0.15, -0.1) is 0 Å². The molecule has 0 fully saturated rings. The number of carbonyl (C=O) groups is 2. The first-order chi connectivity index (χ1) is 14.1. The second kappa shape index (κ2) is 9.91. The van der Waals surface area contributed by atoms with Crippen LogP contribution in [0.1, 0.15) is 18.9 Å². The van der Waals surface area contributed by atoms with Crippen molar-refractivity contribution in [2.24, 2.45) is 0 Å². The fourth-order valence-electron chi connectivity index (χ4n) is 3.22. The molecule has 1 heterocycles. The monoisotopic (exact) mass is 399 g/mol. The van der Waals surface area contributed by atoms with Crippen molar-refractivity contribution in [3.05, 3.63) is 59.9 Å². The number of halogens is 1. The van der Waals surface area contributed by atoms with Crippen LogP contribution in [0.3, 0.4) is 0 Å². The molecule has 1 aliphatic rings. The summed E-state index contributed by atoms with van der Waals surface area (Å²) < 4.78 is 19.5. The lowest BCUT2D eigenvalue weighted by Crippen LogP contribution is -2.51. The number of carbonyl (C=O) groups excluding carboxylic acids is 2.